The van der Waals surface area contributed by atoms with Crippen LogP contribution < -0.4 is 5.73 Å². The highest BCUT2D eigenvalue weighted by molar-refractivity contribution is 5.94. The zero-order valence-electron chi connectivity index (χ0n) is 11.2. The minimum absolute atomic E-state index is 0.256. The summed E-state index contributed by atoms with van der Waals surface area (Å²) in [5.41, 5.74) is 7.11. The van der Waals surface area contributed by atoms with Crippen molar-refractivity contribution in [3.63, 3.8) is 0 Å². The minimum atomic E-state index is -0.932. The Balaban J connectivity index is 2.06. The number of anilines is 1. The Morgan fingerprint density at radius 1 is 1.25 bits per heavy atom. The Morgan fingerprint density at radius 2 is 1.95 bits per heavy atom. The summed E-state index contributed by atoms with van der Waals surface area (Å²) in [4.78, 5) is 24.7. The first-order valence-corrected chi connectivity index (χ1v) is 6.65. The predicted molar refractivity (Wildman–Crippen MR) is 76.9 cm³/mol. The second-order valence-electron chi connectivity index (χ2n) is 4.88. The molecule has 5 heteroatoms. The number of carbonyl (C=O) groups excluding carboxylic acids is 1. The van der Waals surface area contributed by atoms with E-state index in [2.05, 4.69) is 0 Å². The van der Waals surface area contributed by atoms with Crippen LogP contribution in [-0.4, -0.2) is 34.5 Å². The van der Waals surface area contributed by atoms with Crippen LogP contribution in [0.1, 0.15) is 24.8 Å². The fourth-order valence-corrected chi connectivity index (χ4v) is 2.32. The van der Waals surface area contributed by atoms with E-state index in [0.717, 1.165) is 18.4 Å². The standard InChI is InChI=1S/C15H18N2O3/c16-12-7-4-11(5-8-12)6-9-14(18)17-10-2-1-3-13(17)15(19)20/h4-9,13H,1-3,10,16H2,(H,19,20)/b9-6+/t13-/m0/s1. The molecule has 1 amide bonds. The van der Waals surface area contributed by atoms with Crippen molar-refractivity contribution in [3.05, 3.63) is 35.9 Å². The van der Waals surface area contributed by atoms with Gasteiger partial charge in [0, 0.05) is 18.3 Å². The molecule has 0 aliphatic carbocycles. The van der Waals surface area contributed by atoms with Crippen molar-refractivity contribution in [2.45, 2.75) is 25.3 Å². The van der Waals surface area contributed by atoms with Crippen molar-refractivity contribution in [1.29, 1.82) is 0 Å². The highest BCUT2D eigenvalue weighted by atomic mass is 16.4. The number of carboxylic acids is 1. The van der Waals surface area contributed by atoms with Crippen LogP contribution in [-0.2, 0) is 9.59 Å². The molecule has 1 fully saturated rings. The number of rotatable bonds is 3. The second-order valence-corrected chi connectivity index (χ2v) is 4.88. The maximum Gasteiger partial charge on any atom is 0.326 e. The number of carbonyl (C=O) groups is 2. The zero-order chi connectivity index (χ0) is 14.5. The number of piperidine rings is 1. The number of aliphatic carboxylic acids is 1. The third-order valence-electron chi connectivity index (χ3n) is 3.43. The second kappa shape index (κ2) is 6.23. The molecule has 0 saturated carbocycles. The van der Waals surface area contributed by atoms with Gasteiger partial charge in [-0.05, 0) is 43.0 Å². The van der Waals surface area contributed by atoms with Gasteiger partial charge >= 0.3 is 5.97 Å². The van der Waals surface area contributed by atoms with E-state index in [1.807, 2.05) is 12.1 Å². The van der Waals surface area contributed by atoms with Crippen LogP contribution in [0.25, 0.3) is 6.08 Å². The van der Waals surface area contributed by atoms with E-state index in [0.29, 0.717) is 18.7 Å². The topological polar surface area (TPSA) is 83.6 Å². The van der Waals surface area contributed by atoms with Gasteiger partial charge in [0.2, 0.25) is 5.91 Å². The molecule has 1 saturated heterocycles. The number of nitrogens with zero attached hydrogens (tertiary/aromatic N) is 1. The van der Waals surface area contributed by atoms with Crippen molar-refractivity contribution in [2.75, 3.05) is 12.3 Å². The maximum atomic E-state index is 12.1. The Bertz CT molecular complexity index is 522. The summed E-state index contributed by atoms with van der Waals surface area (Å²) in [5, 5.41) is 9.14. The van der Waals surface area contributed by atoms with Gasteiger partial charge in [-0.25, -0.2) is 4.79 Å². The number of nitrogen functional groups attached to an aromatic ring is 1. The summed E-state index contributed by atoms with van der Waals surface area (Å²) >= 11 is 0. The Hall–Kier alpha value is -2.30. The maximum absolute atomic E-state index is 12.1. The quantitative estimate of drug-likeness (QED) is 0.649. The van der Waals surface area contributed by atoms with Crippen molar-refractivity contribution < 1.29 is 14.7 Å². The third-order valence-corrected chi connectivity index (χ3v) is 3.43. The van der Waals surface area contributed by atoms with E-state index < -0.39 is 12.0 Å². The van der Waals surface area contributed by atoms with Crippen LogP contribution in [0.5, 0.6) is 0 Å². The van der Waals surface area contributed by atoms with Gasteiger partial charge in [0.05, 0.1) is 0 Å². The molecule has 1 atom stereocenters. The van der Waals surface area contributed by atoms with Crippen LogP contribution >= 0.6 is 0 Å². The van der Waals surface area contributed by atoms with Crippen LogP contribution in [0, 0.1) is 0 Å². The highest BCUT2D eigenvalue weighted by Crippen LogP contribution is 2.18. The lowest BCUT2D eigenvalue weighted by molar-refractivity contribution is -0.150. The third kappa shape index (κ3) is 3.38. The average Bonchev–Trinajstić information content (AvgIpc) is 2.46. The molecule has 3 N–H and O–H groups in total. The Morgan fingerprint density at radius 3 is 2.60 bits per heavy atom. The lowest BCUT2D eigenvalue weighted by Crippen LogP contribution is -2.47. The van der Waals surface area contributed by atoms with Crippen molar-refractivity contribution >= 4 is 23.6 Å². The number of amides is 1. The number of likely N-dealkylation sites (tertiary alicyclic amines) is 1. The number of carboxylic acid groups (broad SMARTS) is 1. The zero-order valence-corrected chi connectivity index (χ0v) is 11.2. The predicted octanol–water partition coefficient (Wildman–Crippen LogP) is 1.75. The van der Waals surface area contributed by atoms with E-state index in [1.165, 1.54) is 11.0 Å². The molecule has 1 aliphatic heterocycles. The molecule has 5 nitrogen and oxygen atoms in total. The van der Waals surface area contributed by atoms with Crippen molar-refractivity contribution in [3.8, 4) is 0 Å². The van der Waals surface area contributed by atoms with Gasteiger partial charge in [0.15, 0.2) is 0 Å². The fourth-order valence-electron chi connectivity index (χ4n) is 2.32. The van der Waals surface area contributed by atoms with Gasteiger partial charge in [-0.15, -0.1) is 0 Å². The molecule has 106 valence electrons. The average molecular weight is 274 g/mol. The highest BCUT2D eigenvalue weighted by Gasteiger charge is 2.30. The number of hydrogen-bond donors (Lipinski definition) is 2. The van der Waals surface area contributed by atoms with Crippen LogP contribution in [0.15, 0.2) is 30.3 Å². The molecule has 1 aliphatic rings. The van der Waals surface area contributed by atoms with Gasteiger partial charge < -0.3 is 15.7 Å². The van der Waals surface area contributed by atoms with Crippen LogP contribution in [0.2, 0.25) is 0 Å². The van der Waals surface area contributed by atoms with Crippen LogP contribution in [0.3, 0.4) is 0 Å². The molecule has 0 aromatic heterocycles. The van der Waals surface area contributed by atoms with E-state index in [9.17, 15) is 9.59 Å². The summed E-state index contributed by atoms with van der Waals surface area (Å²) in [6, 6.07) is 6.43. The van der Waals surface area contributed by atoms with Gasteiger partial charge in [-0.2, -0.15) is 0 Å². The van der Waals surface area contributed by atoms with E-state index >= 15 is 0 Å². The number of benzene rings is 1. The lowest BCUT2D eigenvalue weighted by atomic mass is 10.0. The monoisotopic (exact) mass is 274 g/mol. The molecule has 0 radical (unpaired) electrons. The van der Waals surface area contributed by atoms with Crippen molar-refractivity contribution in [2.24, 2.45) is 0 Å². The van der Waals surface area contributed by atoms with Gasteiger partial charge in [-0.1, -0.05) is 12.1 Å². The smallest absolute Gasteiger partial charge is 0.326 e. The van der Waals surface area contributed by atoms with Gasteiger partial charge in [-0.3, -0.25) is 4.79 Å². The first kappa shape index (κ1) is 14.1. The molecule has 1 aromatic carbocycles. The molecule has 0 bridgehead atoms. The molecule has 0 unspecified atom stereocenters. The summed E-state index contributed by atoms with van der Waals surface area (Å²) < 4.78 is 0. The molecular weight excluding hydrogens is 256 g/mol. The molecule has 2 rings (SSSR count). The summed E-state index contributed by atoms with van der Waals surface area (Å²) in [6.45, 7) is 0.502. The SMILES string of the molecule is Nc1ccc(/C=C/C(=O)N2CCCC[C@H]2C(=O)O)cc1. The van der Waals surface area contributed by atoms with Gasteiger partial charge in [0.1, 0.15) is 6.04 Å². The molecular formula is C15H18N2O3. The van der Waals surface area contributed by atoms with E-state index in [1.54, 1.807) is 18.2 Å². The minimum Gasteiger partial charge on any atom is -0.480 e. The first-order chi connectivity index (χ1) is 9.58. The van der Waals surface area contributed by atoms with Gasteiger partial charge in [0.25, 0.3) is 0 Å². The Labute approximate surface area is 117 Å². The van der Waals surface area contributed by atoms with E-state index in [4.69, 9.17) is 10.8 Å². The van der Waals surface area contributed by atoms with Crippen LogP contribution in [0.4, 0.5) is 5.69 Å². The fraction of sp³-hybridized carbons (Fsp3) is 0.333. The number of nitrogens with two attached hydrogens (primary N) is 1. The van der Waals surface area contributed by atoms with E-state index in [-0.39, 0.29) is 5.91 Å². The molecule has 1 aromatic rings. The first-order valence-electron chi connectivity index (χ1n) is 6.65. The largest absolute Gasteiger partial charge is 0.480 e. The molecule has 20 heavy (non-hydrogen) atoms. The molecule has 1 heterocycles. The molecule has 0 spiro atoms. The summed E-state index contributed by atoms with van der Waals surface area (Å²) in [5.74, 6) is -1.19. The summed E-state index contributed by atoms with van der Waals surface area (Å²) in [6.07, 6.45) is 5.33. The lowest BCUT2D eigenvalue weighted by Gasteiger charge is -2.32. The normalized spacial score (nSPS) is 19.2. The van der Waals surface area contributed by atoms with Crippen molar-refractivity contribution in [1.82, 2.24) is 4.90 Å². The summed E-state index contributed by atoms with van der Waals surface area (Å²) in [7, 11) is 0. The number of hydrogen-bond acceptors (Lipinski definition) is 3. The Kier molecular flexibility index (Phi) is 4.40.